The maximum atomic E-state index is 6.32. The highest BCUT2D eigenvalue weighted by Crippen LogP contribution is 2.33. The van der Waals surface area contributed by atoms with Crippen LogP contribution in [-0.4, -0.2) is 26.9 Å². The molecule has 6 heteroatoms. The number of hydrogen-bond donors (Lipinski definition) is 0. The maximum absolute atomic E-state index is 6.32. The number of aryl methyl sites for hydroxylation is 3. The van der Waals surface area contributed by atoms with Gasteiger partial charge in [-0.25, -0.2) is 14.6 Å². The molecule has 20 heavy (non-hydrogen) atoms. The van der Waals surface area contributed by atoms with Gasteiger partial charge in [-0.2, -0.15) is 5.10 Å². The Balaban J connectivity index is 2.66. The van der Waals surface area contributed by atoms with Crippen LogP contribution in [0.3, 0.4) is 0 Å². The van der Waals surface area contributed by atoms with Gasteiger partial charge in [-0.05, 0) is 19.8 Å². The summed E-state index contributed by atoms with van der Waals surface area (Å²) in [7, 11) is 3.43. The maximum Gasteiger partial charge on any atom is 0.222 e. The monoisotopic (exact) mass is 294 g/mol. The van der Waals surface area contributed by atoms with Crippen LogP contribution in [0, 0.1) is 13.8 Å². The molecule has 0 aliphatic rings. The summed E-state index contributed by atoms with van der Waals surface area (Å²) in [6.45, 7) is 8.01. The van der Waals surface area contributed by atoms with Crippen LogP contribution in [-0.2, 0) is 7.05 Å². The molecule has 0 aliphatic carbocycles. The molecule has 2 rings (SSSR count). The van der Waals surface area contributed by atoms with E-state index in [9.17, 15) is 0 Å². The average Bonchev–Trinajstić information content (AvgIpc) is 2.61. The summed E-state index contributed by atoms with van der Waals surface area (Å²) in [6.07, 6.45) is 0. The van der Waals surface area contributed by atoms with Gasteiger partial charge in [0.2, 0.25) is 5.88 Å². The van der Waals surface area contributed by atoms with E-state index < -0.39 is 0 Å². The Labute approximate surface area is 124 Å². The van der Waals surface area contributed by atoms with Gasteiger partial charge in [0.1, 0.15) is 10.7 Å². The molecule has 0 radical (unpaired) electrons. The highest BCUT2D eigenvalue weighted by atomic mass is 35.5. The molecule has 0 N–H and O–H groups in total. The van der Waals surface area contributed by atoms with Crippen molar-refractivity contribution in [3.63, 3.8) is 0 Å². The van der Waals surface area contributed by atoms with Gasteiger partial charge in [0, 0.05) is 18.3 Å². The molecule has 2 heterocycles. The van der Waals surface area contributed by atoms with Gasteiger partial charge in [0.25, 0.3) is 0 Å². The smallest absolute Gasteiger partial charge is 0.222 e. The summed E-state index contributed by atoms with van der Waals surface area (Å²) in [5.74, 6) is 1.48. The van der Waals surface area contributed by atoms with Gasteiger partial charge in [-0.3, -0.25) is 0 Å². The van der Waals surface area contributed by atoms with Crippen LogP contribution < -0.4 is 4.74 Å². The fourth-order valence-electron chi connectivity index (χ4n) is 2.44. The molecule has 0 atom stereocenters. The summed E-state index contributed by atoms with van der Waals surface area (Å²) in [4.78, 5) is 9.01. The van der Waals surface area contributed by atoms with Crippen molar-refractivity contribution >= 4 is 11.6 Å². The van der Waals surface area contributed by atoms with Crippen LogP contribution in [0.25, 0.3) is 11.4 Å². The van der Waals surface area contributed by atoms with Crippen LogP contribution in [0.2, 0.25) is 5.15 Å². The SMILES string of the molecule is COc1c(-c2nc(C)c(C(C)C)c(Cl)n2)c(C)nn1C. The number of hydrogen-bond acceptors (Lipinski definition) is 4. The first-order valence-corrected chi connectivity index (χ1v) is 6.86. The Hall–Kier alpha value is -1.62. The van der Waals surface area contributed by atoms with Crippen molar-refractivity contribution in [2.75, 3.05) is 7.11 Å². The summed E-state index contributed by atoms with van der Waals surface area (Å²) in [5.41, 5.74) is 3.48. The van der Waals surface area contributed by atoms with Gasteiger partial charge in [-0.1, -0.05) is 25.4 Å². The normalized spacial score (nSPS) is 11.2. The first-order chi connectivity index (χ1) is 9.36. The second-order valence-corrected chi connectivity index (χ2v) is 5.44. The highest BCUT2D eigenvalue weighted by molar-refractivity contribution is 6.30. The van der Waals surface area contributed by atoms with E-state index in [0.717, 1.165) is 22.5 Å². The Morgan fingerprint density at radius 3 is 2.30 bits per heavy atom. The van der Waals surface area contributed by atoms with E-state index >= 15 is 0 Å². The molecule has 0 bridgehead atoms. The van der Waals surface area contributed by atoms with E-state index in [1.165, 1.54) is 0 Å². The van der Waals surface area contributed by atoms with Crippen LogP contribution >= 0.6 is 11.6 Å². The zero-order chi connectivity index (χ0) is 15.0. The number of ether oxygens (including phenoxy) is 1. The van der Waals surface area contributed by atoms with E-state index in [1.807, 2.05) is 20.9 Å². The molecule has 0 aromatic carbocycles. The van der Waals surface area contributed by atoms with E-state index in [4.69, 9.17) is 16.3 Å². The van der Waals surface area contributed by atoms with Crippen molar-refractivity contribution < 1.29 is 4.74 Å². The molecule has 0 saturated heterocycles. The van der Waals surface area contributed by atoms with Crippen LogP contribution in [0.15, 0.2) is 0 Å². The predicted molar refractivity (Wildman–Crippen MR) is 79.4 cm³/mol. The van der Waals surface area contributed by atoms with Gasteiger partial charge in [0.15, 0.2) is 5.82 Å². The molecular weight excluding hydrogens is 276 g/mol. The number of aromatic nitrogens is 4. The molecule has 0 spiro atoms. The van der Waals surface area contributed by atoms with Gasteiger partial charge in [-0.15, -0.1) is 0 Å². The molecular formula is C14H19ClN4O. The molecule has 0 fully saturated rings. The van der Waals surface area contributed by atoms with E-state index in [1.54, 1.807) is 11.8 Å². The Morgan fingerprint density at radius 2 is 1.80 bits per heavy atom. The zero-order valence-corrected chi connectivity index (χ0v) is 13.4. The van der Waals surface area contributed by atoms with Crippen molar-refractivity contribution in [1.29, 1.82) is 0 Å². The van der Waals surface area contributed by atoms with Gasteiger partial charge < -0.3 is 4.74 Å². The van der Waals surface area contributed by atoms with Gasteiger partial charge in [0.05, 0.1) is 12.8 Å². The number of methoxy groups -OCH3 is 1. The van der Waals surface area contributed by atoms with E-state index in [-0.39, 0.29) is 5.92 Å². The molecule has 0 amide bonds. The fraction of sp³-hybridized carbons (Fsp3) is 0.500. The van der Waals surface area contributed by atoms with Crippen LogP contribution in [0.5, 0.6) is 5.88 Å². The minimum Gasteiger partial charge on any atom is -0.481 e. The lowest BCUT2D eigenvalue weighted by molar-refractivity contribution is 0.374. The first kappa shape index (κ1) is 14.8. The van der Waals surface area contributed by atoms with E-state index in [2.05, 4.69) is 28.9 Å². The Bertz CT molecular complexity index is 626. The molecule has 0 unspecified atom stereocenters. The zero-order valence-electron chi connectivity index (χ0n) is 12.7. The lowest BCUT2D eigenvalue weighted by Crippen LogP contribution is -2.03. The van der Waals surface area contributed by atoms with E-state index in [0.29, 0.717) is 16.9 Å². The minimum absolute atomic E-state index is 0.286. The second kappa shape index (κ2) is 5.40. The summed E-state index contributed by atoms with van der Waals surface area (Å²) >= 11 is 6.32. The number of nitrogens with zero attached hydrogens (tertiary/aromatic N) is 4. The lowest BCUT2D eigenvalue weighted by atomic mass is 10.0. The topological polar surface area (TPSA) is 52.8 Å². The van der Waals surface area contributed by atoms with Gasteiger partial charge >= 0.3 is 0 Å². The van der Waals surface area contributed by atoms with Crippen molar-refractivity contribution in [1.82, 2.24) is 19.7 Å². The molecule has 108 valence electrons. The lowest BCUT2D eigenvalue weighted by Gasteiger charge is -2.12. The minimum atomic E-state index is 0.286. The summed E-state index contributed by atoms with van der Waals surface area (Å²) in [5, 5.41) is 4.84. The van der Waals surface area contributed by atoms with Crippen molar-refractivity contribution in [2.24, 2.45) is 7.05 Å². The third kappa shape index (κ3) is 2.38. The predicted octanol–water partition coefficient (Wildman–Crippen LogP) is 3.28. The summed E-state index contributed by atoms with van der Waals surface area (Å²) in [6, 6.07) is 0. The fourth-order valence-corrected chi connectivity index (χ4v) is 2.88. The van der Waals surface area contributed by atoms with Crippen molar-refractivity contribution in [3.05, 3.63) is 22.1 Å². The largest absolute Gasteiger partial charge is 0.481 e. The third-order valence-corrected chi connectivity index (χ3v) is 3.54. The molecule has 5 nitrogen and oxygen atoms in total. The molecule has 0 saturated carbocycles. The van der Waals surface area contributed by atoms with Crippen molar-refractivity contribution in [3.8, 4) is 17.3 Å². The quantitative estimate of drug-likeness (QED) is 0.815. The molecule has 2 aromatic heterocycles. The Kier molecular flexibility index (Phi) is 3.99. The highest BCUT2D eigenvalue weighted by Gasteiger charge is 2.21. The molecule has 2 aromatic rings. The van der Waals surface area contributed by atoms with Crippen molar-refractivity contribution in [2.45, 2.75) is 33.6 Å². The molecule has 0 aliphatic heterocycles. The van der Waals surface area contributed by atoms with Crippen LogP contribution in [0.4, 0.5) is 0 Å². The average molecular weight is 295 g/mol. The third-order valence-electron chi connectivity index (χ3n) is 3.25. The number of rotatable bonds is 3. The number of halogens is 1. The standard InChI is InChI=1S/C14H19ClN4O/c1-7(2)10-8(3)16-13(17-12(10)15)11-9(4)18-19(5)14(11)20-6/h7H,1-6H3. The Morgan fingerprint density at radius 1 is 1.15 bits per heavy atom. The summed E-state index contributed by atoms with van der Waals surface area (Å²) < 4.78 is 7.06. The van der Waals surface area contributed by atoms with Crippen LogP contribution in [0.1, 0.15) is 36.7 Å². The second-order valence-electron chi connectivity index (χ2n) is 5.09. The first-order valence-electron chi connectivity index (χ1n) is 6.48.